The molecule has 1 aliphatic carbocycles. The van der Waals surface area contributed by atoms with Crippen molar-refractivity contribution >= 4 is 22.4 Å². The number of hydrogen-bond donors (Lipinski definition) is 1. The Hall–Kier alpha value is -1.95. The number of carbonyl (C=O) groups excluding carboxylic acids is 1. The summed E-state index contributed by atoms with van der Waals surface area (Å²) in [6.07, 6.45) is 4.54. The zero-order valence-corrected chi connectivity index (χ0v) is 13.4. The van der Waals surface area contributed by atoms with Crippen LogP contribution in [0.2, 0.25) is 0 Å². The average molecular weight is 317 g/mol. The lowest BCUT2D eigenvalue weighted by atomic mass is 10.1. The van der Waals surface area contributed by atoms with Gasteiger partial charge in [-0.2, -0.15) is 0 Å². The van der Waals surface area contributed by atoms with Crippen LogP contribution in [0.15, 0.2) is 24.3 Å². The summed E-state index contributed by atoms with van der Waals surface area (Å²) in [5.74, 6) is 1.04. The minimum Gasteiger partial charge on any atom is -0.484 e. The molecule has 0 atom stereocenters. The molecule has 1 saturated carbocycles. The lowest BCUT2D eigenvalue weighted by Crippen LogP contribution is -2.20. The summed E-state index contributed by atoms with van der Waals surface area (Å²) in [4.78, 5) is 11.9. The SMILES string of the molecule is CCCc1ccc(OCC(=O)Nc2nnc(C3CC3)s2)cc1. The van der Waals surface area contributed by atoms with Crippen molar-refractivity contribution < 1.29 is 9.53 Å². The number of hydrogen-bond acceptors (Lipinski definition) is 5. The Labute approximate surface area is 133 Å². The zero-order valence-electron chi connectivity index (χ0n) is 12.5. The van der Waals surface area contributed by atoms with E-state index < -0.39 is 0 Å². The first-order valence-electron chi connectivity index (χ1n) is 7.59. The molecule has 2 aromatic rings. The maximum absolute atomic E-state index is 11.9. The molecule has 5 nitrogen and oxygen atoms in total. The van der Waals surface area contributed by atoms with Crippen LogP contribution < -0.4 is 10.1 Å². The fourth-order valence-corrected chi connectivity index (χ4v) is 3.05. The van der Waals surface area contributed by atoms with E-state index in [0.717, 1.165) is 17.8 Å². The molecule has 0 spiro atoms. The number of aryl methyl sites for hydroxylation is 1. The number of carbonyl (C=O) groups is 1. The second-order valence-electron chi connectivity index (χ2n) is 5.45. The summed E-state index contributed by atoms with van der Waals surface area (Å²) in [6.45, 7) is 2.13. The van der Waals surface area contributed by atoms with Gasteiger partial charge in [-0.05, 0) is 37.0 Å². The van der Waals surface area contributed by atoms with Crippen LogP contribution in [0.3, 0.4) is 0 Å². The van der Waals surface area contributed by atoms with E-state index in [2.05, 4.69) is 22.4 Å². The number of nitrogens with zero attached hydrogens (tertiary/aromatic N) is 2. The van der Waals surface area contributed by atoms with Crippen LogP contribution in [0.1, 0.15) is 42.7 Å². The van der Waals surface area contributed by atoms with E-state index in [4.69, 9.17) is 4.74 Å². The standard InChI is InChI=1S/C16H19N3O2S/c1-2-3-11-4-8-13(9-5-11)21-10-14(20)17-16-19-18-15(22-16)12-6-7-12/h4-5,8-9,12H,2-3,6-7,10H2,1H3,(H,17,19,20). The van der Waals surface area contributed by atoms with Crippen molar-refractivity contribution in [3.8, 4) is 5.75 Å². The third-order valence-corrected chi connectivity index (χ3v) is 4.45. The molecule has 6 heteroatoms. The second kappa shape index (κ2) is 6.87. The molecule has 1 N–H and O–H groups in total. The van der Waals surface area contributed by atoms with Gasteiger partial charge in [-0.3, -0.25) is 10.1 Å². The normalized spacial score (nSPS) is 13.9. The van der Waals surface area contributed by atoms with Gasteiger partial charge in [0.2, 0.25) is 5.13 Å². The van der Waals surface area contributed by atoms with Gasteiger partial charge in [-0.25, -0.2) is 0 Å². The van der Waals surface area contributed by atoms with Crippen LogP contribution in [-0.2, 0) is 11.2 Å². The molecule has 1 heterocycles. The van der Waals surface area contributed by atoms with E-state index in [0.29, 0.717) is 16.8 Å². The molecule has 22 heavy (non-hydrogen) atoms. The monoisotopic (exact) mass is 317 g/mol. The van der Waals surface area contributed by atoms with E-state index in [1.54, 1.807) is 0 Å². The van der Waals surface area contributed by atoms with Gasteiger partial charge in [0, 0.05) is 5.92 Å². The maximum atomic E-state index is 11.9. The smallest absolute Gasteiger partial charge is 0.264 e. The molecule has 0 aliphatic heterocycles. The van der Waals surface area contributed by atoms with Crippen molar-refractivity contribution in [1.82, 2.24) is 10.2 Å². The third-order valence-electron chi connectivity index (χ3n) is 3.45. The van der Waals surface area contributed by atoms with Gasteiger partial charge in [-0.1, -0.05) is 36.8 Å². The molecule has 1 aromatic heterocycles. The molecule has 0 radical (unpaired) electrons. The number of benzene rings is 1. The van der Waals surface area contributed by atoms with Crippen LogP contribution in [-0.4, -0.2) is 22.7 Å². The van der Waals surface area contributed by atoms with Gasteiger partial charge >= 0.3 is 0 Å². The number of nitrogens with one attached hydrogen (secondary N) is 1. The van der Waals surface area contributed by atoms with E-state index in [9.17, 15) is 4.79 Å². The van der Waals surface area contributed by atoms with Crippen LogP contribution in [0.25, 0.3) is 0 Å². The quantitative estimate of drug-likeness (QED) is 0.850. The molecule has 1 aliphatic rings. The Morgan fingerprint density at radius 1 is 1.32 bits per heavy atom. The van der Waals surface area contributed by atoms with Gasteiger partial charge < -0.3 is 4.74 Å². The second-order valence-corrected chi connectivity index (χ2v) is 6.46. The van der Waals surface area contributed by atoms with Gasteiger partial charge in [0.25, 0.3) is 5.91 Å². The summed E-state index contributed by atoms with van der Waals surface area (Å²) < 4.78 is 5.48. The lowest BCUT2D eigenvalue weighted by Gasteiger charge is -2.06. The van der Waals surface area contributed by atoms with Gasteiger partial charge in [0.15, 0.2) is 6.61 Å². The molecule has 1 fully saturated rings. The van der Waals surface area contributed by atoms with Crippen molar-refractivity contribution in [2.75, 3.05) is 11.9 Å². The Morgan fingerprint density at radius 2 is 2.09 bits per heavy atom. The number of aromatic nitrogens is 2. The van der Waals surface area contributed by atoms with Crippen LogP contribution >= 0.6 is 11.3 Å². The highest BCUT2D eigenvalue weighted by Crippen LogP contribution is 2.41. The highest BCUT2D eigenvalue weighted by molar-refractivity contribution is 7.15. The van der Waals surface area contributed by atoms with Gasteiger partial charge in [0.05, 0.1) is 0 Å². The van der Waals surface area contributed by atoms with Crippen LogP contribution in [0.5, 0.6) is 5.75 Å². The molecule has 3 rings (SSSR count). The van der Waals surface area contributed by atoms with Crippen molar-refractivity contribution in [2.45, 2.75) is 38.5 Å². The minimum atomic E-state index is -0.212. The fraction of sp³-hybridized carbons (Fsp3) is 0.438. The van der Waals surface area contributed by atoms with Gasteiger partial charge in [0.1, 0.15) is 10.8 Å². The number of ether oxygens (including phenoxy) is 1. The summed E-state index contributed by atoms with van der Waals surface area (Å²) in [7, 11) is 0. The third kappa shape index (κ3) is 4.04. The molecule has 0 bridgehead atoms. The van der Waals surface area contributed by atoms with Crippen molar-refractivity contribution in [3.63, 3.8) is 0 Å². The zero-order chi connectivity index (χ0) is 15.4. The summed E-state index contributed by atoms with van der Waals surface area (Å²) in [6, 6.07) is 7.86. The van der Waals surface area contributed by atoms with Gasteiger partial charge in [-0.15, -0.1) is 10.2 Å². The van der Waals surface area contributed by atoms with E-state index in [1.165, 1.54) is 29.7 Å². The van der Waals surface area contributed by atoms with Crippen LogP contribution in [0, 0.1) is 0 Å². The van der Waals surface area contributed by atoms with E-state index in [-0.39, 0.29) is 12.5 Å². The highest BCUT2D eigenvalue weighted by Gasteiger charge is 2.27. The van der Waals surface area contributed by atoms with Crippen LogP contribution in [0.4, 0.5) is 5.13 Å². The molecule has 0 unspecified atom stereocenters. The first-order valence-corrected chi connectivity index (χ1v) is 8.41. The summed E-state index contributed by atoms with van der Waals surface area (Å²) in [5, 5.41) is 12.4. The Morgan fingerprint density at radius 3 is 2.77 bits per heavy atom. The lowest BCUT2D eigenvalue weighted by molar-refractivity contribution is -0.118. The Kier molecular flexibility index (Phi) is 4.68. The predicted octanol–water partition coefficient (Wildman–Crippen LogP) is 3.39. The molecular formula is C16H19N3O2S. The van der Waals surface area contributed by atoms with E-state index >= 15 is 0 Å². The molecule has 1 aromatic carbocycles. The molecule has 116 valence electrons. The summed E-state index contributed by atoms with van der Waals surface area (Å²) in [5.41, 5.74) is 1.28. The number of amides is 1. The molecular weight excluding hydrogens is 298 g/mol. The first kappa shape index (κ1) is 15.0. The highest BCUT2D eigenvalue weighted by atomic mass is 32.1. The van der Waals surface area contributed by atoms with Crippen molar-refractivity contribution in [1.29, 1.82) is 0 Å². The topological polar surface area (TPSA) is 64.1 Å². The Balaban J connectivity index is 1.46. The van der Waals surface area contributed by atoms with Crippen molar-refractivity contribution in [2.24, 2.45) is 0 Å². The first-order chi connectivity index (χ1) is 10.7. The maximum Gasteiger partial charge on any atom is 0.264 e. The largest absolute Gasteiger partial charge is 0.484 e. The fourth-order valence-electron chi connectivity index (χ4n) is 2.13. The number of rotatable bonds is 7. The number of anilines is 1. The van der Waals surface area contributed by atoms with E-state index in [1.807, 2.05) is 24.3 Å². The molecule has 0 saturated heterocycles. The summed E-state index contributed by atoms with van der Waals surface area (Å²) >= 11 is 1.45. The van der Waals surface area contributed by atoms with Crippen molar-refractivity contribution in [3.05, 3.63) is 34.8 Å². The minimum absolute atomic E-state index is 0.0224. The Bertz CT molecular complexity index is 635. The predicted molar refractivity (Wildman–Crippen MR) is 86.4 cm³/mol. The average Bonchev–Trinajstić information content (AvgIpc) is 3.27. The molecule has 1 amide bonds.